The van der Waals surface area contributed by atoms with Gasteiger partial charge in [-0.15, -0.1) is 0 Å². The van der Waals surface area contributed by atoms with E-state index in [1.807, 2.05) is 72.5 Å². The van der Waals surface area contributed by atoms with E-state index in [0.29, 0.717) is 36.0 Å². The summed E-state index contributed by atoms with van der Waals surface area (Å²) in [4.78, 5) is 42.0. The lowest BCUT2D eigenvalue weighted by atomic mass is 10.0. The van der Waals surface area contributed by atoms with Crippen molar-refractivity contribution in [2.24, 2.45) is 5.92 Å². The molecule has 2 aliphatic heterocycles. The minimum atomic E-state index is -0.484. The molecule has 1 N–H and O–H groups in total. The van der Waals surface area contributed by atoms with E-state index in [-0.39, 0.29) is 37.0 Å². The van der Waals surface area contributed by atoms with Gasteiger partial charge in [0.15, 0.2) is 11.5 Å². The summed E-state index contributed by atoms with van der Waals surface area (Å²) in [5.41, 5.74) is 3.26. The summed E-state index contributed by atoms with van der Waals surface area (Å²) in [5, 5.41) is 2.81. The maximum absolute atomic E-state index is 14.0. The number of hydrogen-bond acceptors (Lipinski definition) is 5. The average Bonchev–Trinajstić information content (AvgIpc) is 3.53. The van der Waals surface area contributed by atoms with Gasteiger partial charge < -0.3 is 24.6 Å². The summed E-state index contributed by atoms with van der Waals surface area (Å²) < 4.78 is 10.8. The lowest BCUT2D eigenvalue weighted by molar-refractivity contribution is -0.138. The fourth-order valence-corrected chi connectivity index (χ4v) is 4.86. The van der Waals surface area contributed by atoms with Crippen molar-refractivity contribution >= 4 is 29.1 Å². The Morgan fingerprint density at radius 2 is 1.81 bits per heavy atom. The third-order valence-electron chi connectivity index (χ3n) is 6.78. The third-order valence-corrected chi connectivity index (χ3v) is 6.78. The Balaban J connectivity index is 1.40. The van der Waals surface area contributed by atoms with Crippen LogP contribution in [0.15, 0.2) is 72.8 Å². The number of carbonyl (C=O) groups is 3. The van der Waals surface area contributed by atoms with E-state index in [2.05, 4.69) is 5.32 Å². The Morgan fingerprint density at radius 1 is 1.03 bits per heavy atom. The Bertz CT molecular complexity index is 1330. The van der Waals surface area contributed by atoms with Gasteiger partial charge in [0.25, 0.3) is 0 Å². The van der Waals surface area contributed by atoms with Crippen molar-refractivity contribution in [2.45, 2.75) is 32.9 Å². The van der Waals surface area contributed by atoms with Crippen LogP contribution in [0.1, 0.15) is 37.4 Å². The number of fused-ring (bicyclic) bond motifs is 1. The van der Waals surface area contributed by atoms with Crippen molar-refractivity contribution in [2.75, 3.05) is 23.6 Å². The molecule has 5 rings (SSSR count). The monoisotopic (exact) mass is 499 g/mol. The van der Waals surface area contributed by atoms with E-state index < -0.39 is 5.92 Å². The smallest absolute Gasteiger partial charge is 0.231 e. The SMILES string of the molecule is CC(=O)Nc1cccc(C(C)N(Cc2ccccc2)C(=O)C2CC(=O)N(c3ccc4c(c3)OCO4)C2)c1. The van der Waals surface area contributed by atoms with E-state index in [4.69, 9.17) is 9.47 Å². The molecule has 0 radical (unpaired) electrons. The topological polar surface area (TPSA) is 88.2 Å². The fourth-order valence-electron chi connectivity index (χ4n) is 4.86. The van der Waals surface area contributed by atoms with Crippen LogP contribution in [0.3, 0.4) is 0 Å². The summed E-state index contributed by atoms with van der Waals surface area (Å²) in [6, 6.07) is 22.4. The van der Waals surface area contributed by atoms with Gasteiger partial charge in [0, 0.05) is 43.9 Å². The Labute approximate surface area is 215 Å². The summed E-state index contributed by atoms with van der Waals surface area (Å²) in [5.74, 6) is 0.415. The molecule has 8 heteroatoms. The molecule has 2 unspecified atom stereocenters. The zero-order chi connectivity index (χ0) is 25.9. The van der Waals surface area contributed by atoms with Crippen molar-refractivity contribution < 1.29 is 23.9 Å². The van der Waals surface area contributed by atoms with Gasteiger partial charge in [0.1, 0.15) is 0 Å². The lowest BCUT2D eigenvalue weighted by Crippen LogP contribution is -2.38. The molecule has 0 bridgehead atoms. The zero-order valence-corrected chi connectivity index (χ0v) is 20.8. The molecule has 37 heavy (non-hydrogen) atoms. The second-order valence-corrected chi connectivity index (χ2v) is 9.38. The predicted octanol–water partition coefficient (Wildman–Crippen LogP) is 4.52. The third kappa shape index (κ3) is 5.28. The number of anilines is 2. The van der Waals surface area contributed by atoms with Gasteiger partial charge in [-0.05, 0) is 42.3 Å². The molecule has 0 aromatic heterocycles. The largest absolute Gasteiger partial charge is 0.454 e. The molecule has 0 saturated carbocycles. The normalized spacial score (nSPS) is 17.0. The van der Waals surface area contributed by atoms with Crippen molar-refractivity contribution in [1.29, 1.82) is 0 Å². The number of nitrogens with zero attached hydrogens (tertiary/aromatic N) is 2. The van der Waals surface area contributed by atoms with Crippen molar-refractivity contribution in [1.82, 2.24) is 4.90 Å². The highest BCUT2D eigenvalue weighted by atomic mass is 16.7. The van der Waals surface area contributed by atoms with Crippen LogP contribution >= 0.6 is 0 Å². The molecule has 2 heterocycles. The number of benzene rings is 3. The molecule has 3 aromatic rings. The van der Waals surface area contributed by atoms with E-state index in [9.17, 15) is 14.4 Å². The molecular formula is C29H29N3O5. The molecule has 3 amide bonds. The molecule has 190 valence electrons. The lowest BCUT2D eigenvalue weighted by Gasteiger charge is -2.32. The number of amides is 3. The Morgan fingerprint density at radius 3 is 2.59 bits per heavy atom. The molecule has 1 fully saturated rings. The van der Waals surface area contributed by atoms with E-state index >= 15 is 0 Å². The number of rotatable bonds is 7. The van der Waals surface area contributed by atoms with Gasteiger partial charge in [-0.25, -0.2) is 0 Å². The first-order valence-electron chi connectivity index (χ1n) is 12.3. The molecule has 8 nitrogen and oxygen atoms in total. The minimum absolute atomic E-state index is 0.0853. The maximum atomic E-state index is 14.0. The van der Waals surface area contributed by atoms with Crippen LogP contribution in [0, 0.1) is 5.92 Å². The number of carbonyl (C=O) groups excluding carboxylic acids is 3. The van der Waals surface area contributed by atoms with Gasteiger partial charge in [0.05, 0.1) is 12.0 Å². The quantitative estimate of drug-likeness (QED) is 0.517. The van der Waals surface area contributed by atoms with Crippen LogP contribution < -0.4 is 19.7 Å². The van der Waals surface area contributed by atoms with E-state index in [0.717, 1.165) is 11.1 Å². The van der Waals surface area contributed by atoms with Gasteiger partial charge in [-0.3, -0.25) is 14.4 Å². The summed E-state index contributed by atoms with van der Waals surface area (Å²) in [7, 11) is 0. The maximum Gasteiger partial charge on any atom is 0.231 e. The van der Waals surface area contributed by atoms with Crippen LogP contribution in [0.25, 0.3) is 0 Å². The van der Waals surface area contributed by atoms with Crippen LogP contribution in [0.4, 0.5) is 11.4 Å². The molecule has 1 saturated heterocycles. The number of hydrogen-bond donors (Lipinski definition) is 1. The molecule has 0 aliphatic carbocycles. The first-order chi connectivity index (χ1) is 17.9. The molecular weight excluding hydrogens is 470 g/mol. The highest BCUT2D eigenvalue weighted by molar-refractivity contribution is 6.00. The molecule has 3 aromatic carbocycles. The van der Waals surface area contributed by atoms with Gasteiger partial charge in [-0.1, -0.05) is 42.5 Å². The highest BCUT2D eigenvalue weighted by Crippen LogP contribution is 2.38. The van der Waals surface area contributed by atoms with Crippen molar-refractivity contribution in [3.8, 4) is 11.5 Å². The van der Waals surface area contributed by atoms with E-state index in [1.54, 1.807) is 17.0 Å². The van der Waals surface area contributed by atoms with Gasteiger partial charge in [-0.2, -0.15) is 0 Å². The van der Waals surface area contributed by atoms with Crippen molar-refractivity contribution in [3.05, 3.63) is 83.9 Å². The summed E-state index contributed by atoms with van der Waals surface area (Å²) in [6.45, 7) is 4.29. The second-order valence-electron chi connectivity index (χ2n) is 9.38. The standard InChI is InChI=1S/C29H29N3O5/c1-19(22-9-6-10-24(13-22)30-20(2)33)31(16-21-7-4-3-5-8-21)29(35)23-14-28(34)32(17-23)25-11-12-26-27(15-25)37-18-36-26/h3-13,15,19,23H,14,16-18H2,1-2H3,(H,30,33). The number of nitrogens with one attached hydrogen (secondary N) is 1. The summed E-state index contributed by atoms with van der Waals surface area (Å²) >= 11 is 0. The van der Waals surface area contributed by atoms with Crippen LogP contribution in [0.5, 0.6) is 11.5 Å². The van der Waals surface area contributed by atoms with Crippen LogP contribution in [0.2, 0.25) is 0 Å². The van der Waals surface area contributed by atoms with Crippen LogP contribution in [-0.4, -0.2) is 36.0 Å². The van der Waals surface area contributed by atoms with E-state index in [1.165, 1.54) is 6.92 Å². The minimum Gasteiger partial charge on any atom is -0.454 e. The fraction of sp³-hybridized carbons (Fsp3) is 0.276. The average molecular weight is 500 g/mol. The molecule has 2 aliphatic rings. The van der Waals surface area contributed by atoms with Crippen LogP contribution in [-0.2, 0) is 20.9 Å². The molecule has 0 spiro atoms. The van der Waals surface area contributed by atoms with Gasteiger partial charge in [0.2, 0.25) is 24.5 Å². The molecule has 2 atom stereocenters. The first kappa shape index (κ1) is 24.4. The first-order valence-corrected chi connectivity index (χ1v) is 12.3. The summed E-state index contributed by atoms with van der Waals surface area (Å²) in [6.07, 6.45) is 0.136. The second kappa shape index (κ2) is 10.3. The zero-order valence-electron chi connectivity index (χ0n) is 20.8. The predicted molar refractivity (Wildman–Crippen MR) is 139 cm³/mol. The number of ether oxygens (including phenoxy) is 2. The van der Waals surface area contributed by atoms with Crippen molar-refractivity contribution in [3.63, 3.8) is 0 Å². The highest BCUT2D eigenvalue weighted by Gasteiger charge is 2.39. The van der Waals surface area contributed by atoms with Gasteiger partial charge >= 0.3 is 0 Å². The Hall–Kier alpha value is -4.33. The Kier molecular flexibility index (Phi) is 6.81.